The van der Waals surface area contributed by atoms with Gasteiger partial charge in [0.1, 0.15) is 22.3 Å². The third-order valence-corrected chi connectivity index (χ3v) is 7.11. The summed E-state index contributed by atoms with van der Waals surface area (Å²) in [4.78, 5) is 18.6. The molecule has 0 bridgehead atoms. The number of H-pyrrole nitrogens is 1. The number of aromatic nitrogens is 2. The molecule has 34 heavy (non-hydrogen) atoms. The Kier molecular flexibility index (Phi) is 5.94. The summed E-state index contributed by atoms with van der Waals surface area (Å²) in [6.45, 7) is 3.01. The van der Waals surface area contributed by atoms with Gasteiger partial charge in [-0.05, 0) is 44.3 Å². The molecular formula is C23H17F3N2O4S2. The van der Waals surface area contributed by atoms with E-state index < -0.39 is 49.3 Å². The number of ketones is 1. The van der Waals surface area contributed by atoms with Crippen LogP contribution in [0.1, 0.15) is 30.7 Å². The van der Waals surface area contributed by atoms with Crippen molar-refractivity contribution in [3.63, 3.8) is 0 Å². The van der Waals surface area contributed by atoms with Gasteiger partial charge in [-0.25, -0.2) is 26.6 Å². The van der Waals surface area contributed by atoms with Gasteiger partial charge in [-0.3, -0.25) is 4.79 Å². The molecule has 176 valence electrons. The minimum Gasteiger partial charge on any atom is -0.477 e. The fourth-order valence-corrected chi connectivity index (χ4v) is 5.31. The van der Waals surface area contributed by atoms with Crippen molar-refractivity contribution in [2.24, 2.45) is 0 Å². The fraction of sp³-hybridized carbons (Fsp3) is 0.174. The highest BCUT2D eigenvalue weighted by Crippen LogP contribution is 2.42. The summed E-state index contributed by atoms with van der Waals surface area (Å²) >= 11 is 5.02. The van der Waals surface area contributed by atoms with E-state index in [1.807, 2.05) is 0 Å². The van der Waals surface area contributed by atoms with Gasteiger partial charge in [-0.1, -0.05) is 24.3 Å². The minimum absolute atomic E-state index is 0.0163. The zero-order valence-electron chi connectivity index (χ0n) is 17.9. The summed E-state index contributed by atoms with van der Waals surface area (Å²) in [7, 11) is -4.60. The number of Topliss-reactive ketones (excluding diaryl/α,β-unsaturated/α-hetero) is 1. The number of rotatable bonds is 5. The zero-order chi connectivity index (χ0) is 24.8. The molecule has 1 aliphatic heterocycles. The number of benzene rings is 2. The van der Waals surface area contributed by atoms with Gasteiger partial charge in [0.05, 0.1) is 17.0 Å². The Morgan fingerprint density at radius 3 is 2.35 bits per heavy atom. The van der Waals surface area contributed by atoms with E-state index in [1.54, 1.807) is 0 Å². The first-order chi connectivity index (χ1) is 15.9. The van der Waals surface area contributed by atoms with Gasteiger partial charge in [0, 0.05) is 17.3 Å². The van der Waals surface area contributed by atoms with Gasteiger partial charge < -0.3 is 9.72 Å². The predicted octanol–water partition coefficient (Wildman–Crippen LogP) is 4.78. The van der Waals surface area contributed by atoms with E-state index in [9.17, 15) is 22.0 Å². The summed E-state index contributed by atoms with van der Waals surface area (Å²) in [5.74, 6) is -5.15. The molecule has 0 atom stereocenters. The summed E-state index contributed by atoms with van der Waals surface area (Å²) in [6, 6.07) is 7.93. The number of carbonyl (C=O) groups is 1. The van der Waals surface area contributed by atoms with Crippen molar-refractivity contribution in [2.75, 3.05) is 0 Å². The van der Waals surface area contributed by atoms with E-state index in [0.717, 1.165) is 18.2 Å². The number of carbonyl (C=O) groups excluding carboxylic acids is 1. The number of aromatic amines is 1. The average Bonchev–Trinajstić information content (AvgIpc) is 2.98. The molecule has 2 heterocycles. The van der Waals surface area contributed by atoms with Crippen molar-refractivity contribution in [3.05, 3.63) is 87.7 Å². The van der Waals surface area contributed by atoms with E-state index in [1.165, 1.54) is 44.3 Å². The second-order valence-electron chi connectivity index (χ2n) is 8.02. The summed E-state index contributed by atoms with van der Waals surface area (Å²) in [5.41, 5.74) is -1.78. The van der Waals surface area contributed by atoms with Crippen LogP contribution < -0.4 is 0 Å². The molecule has 0 amide bonds. The first kappa shape index (κ1) is 23.8. The smallest absolute Gasteiger partial charge is 0.210 e. The Hall–Kier alpha value is -3.31. The van der Waals surface area contributed by atoms with Crippen LogP contribution in [0.5, 0.6) is 0 Å². The van der Waals surface area contributed by atoms with Crippen molar-refractivity contribution in [1.82, 2.24) is 9.97 Å². The van der Waals surface area contributed by atoms with Crippen LogP contribution in [-0.4, -0.2) is 29.8 Å². The van der Waals surface area contributed by atoms with Crippen molar-refractivity contribution < 1.29 is 31.1 Å². The minimum atomic E-state index is -4.60. The molecule has 0 fully saturated rings. The van der Waals surface area contributed by atoms with Crippen LogP contribution in [0.3, 0.4) is 0 Å². The number of sulfone groups is 1. The highest BCUT2D eigenvalue weighted by atomic mass is 32.2. The molecule has 2 aromatic carbocycles. The number of hydrogen-bond donors (Lipinski definition) is 1. The molecule has 1 N–H and O–H groups in total. The normalized spacial score (nSPS) is 15.5. The monoisotopic (exact) mass is 506 g/mol. The molecule has 0 saturated heterocycles. The topological polar surface area (TPSA) is 89.1 Å². The standard InChI is InChI=1S/C23H17F3N2O4S2/c1-23(2)21(29)17(19(32-23)16-9-10-27-22(33)28-16)13-6-3-5-12(18(13)26)11-34(30,31)20-14(24)7-4-8-15(20)25/h3-10H,11H2,1-2H3,(H,27,28,33). The van der Waals surface area contributed by atoms with Crippen molar-refractivity contribution in [3.8, 4) is 0 Å². The molecule has 4 rings (SSSR count). The Bertz CT molecular complexity index is 1510. The van der Waals surface area contributed by atoms with Crippen LogP contribution in [0.2, 0.25) is 0 Å². The summed E-state index contributed by atoms with van der Waals surface area (Å²) in [5, 5.41) is 0. The van der Waals surface area contributed by atoms with Gasteiger partial charge in [0.2, 0.25) is 5.78 Å². The lowest BCUT2D eigenvalue weighted by atomic mass is 9.92. The molecule has 0 spiro atoms. The Morgan fingerprint density at radius 1 is 1.06 bits per heavy atom. The van der Waals surface area contributed by atoms with Crippen molar-refractivity contribution in [2.45, 2.75) is 30.1 Å². The summed E-state index contributed by atoms with van der Waals surface area (Å²) < 4.78 is 75.2. The number of hydrogen-bond acceptors (Lipinski definition) is 6. The second-order valence-corrected chi connectivity index (χ2v) is 10.3. The maximum Gasteiger partial charge on any atom is 0.210 e. The molecule has 0 unspecified atom stereocenters. The van der Waals surface area contributed by atoms with Crippen molar-refractivity contribution >= 4 is 39.2 Å². The number of ether oxygens (including phenoxy) is 1. The Morgan fingerprint density at radius 2 is 1.71 bits per heavy atom. The van der Waals surface area contributed by atoms with Gasteiger partial charge in [-0.2, -0.15) is 0 Å². The molecule has 1 aromatic heterocycles. The van der Waals surface area contributed by atoms with Crippen LogP contribution >= 0.6 is 12.2 Å². The fourth-order valence-electron chi connectivity index (χ4n) is 3.63. The van der Waals surface area contributed by atoms with Gasteiger partial charge >= 0.3 is 0 Å². The van der Waals surface area contributed by atoms with Crippen LogP contribution in [-0.2, 0) is 25.1 Å². The van der Waals surface area contributed by atoms with Gasteiger partial charge in [0.15, 0.2) is 26.0 Å². The number of halogens is 3. The molecule has 0 radical (unpaired) electrons. The third-order valence-electron chi connectivity index (χ3n) is 5.20. The predicted molar refractivity (Wildman–Crippen MR) is 120 cm³/mol. The van der Waals surface area contributed by atoms with E-state index in [0.29, 0.717) is 0 Å². The Labute approximate surface area is 198 Å². The lowest BCUT2D eigenvalue weighted by molar-refractivity contribution is -0.125. The molecule has 11 heteroatoms. The highest BCUT2D eigenvalue weighted by Gasteiger charge is 2.44. The maximum atomic E-state index is 15.6. The van der Waals surface area contributed by atoms with E-state index in [-0.39, 0.29) is 32.9 Å². The molecule has 0 aliphatic carbocycles. The zero-order valence-corrected chi connectivity index (χ0v) is 19.5. The quantitative estimate of drug-likeness (QED) is 0.501. The maximum absolute atomic E-state index is 15.6. The number of nitrogens with one attached hydrogen (secondary N) is 1. The largest absolute Gasteiger partial charge is 0.477 e. The van der Waals surface area contributed by atoms with Gasteiger partial charge in [0.25, 0.3) is 0 Å². The average molecular weight is 507 g/mol. The van der Waals surface area contributed by atoms with Crippen LogP contribution in [0, 0.1) is 22.2 Å². The SMILES string of the molecule is CC1(C)OC(c2ccnc(=S)[nH]2)=C(c2cccc(CS(=O)(=O)c3c(F)cccc3F)c2F)C1=O. The highest BCUT2D eigenvalue weighted by molar-refractivity contribution is 7.90. The van der Waals surface area contributed by atoms with E-state index >= 15 is 4.39 Å². The molecule has 0 saturated carbocycles. The molecule has 1 aliphatic rings. The molecular weight excluding hydrogens is 489 g/mol. The van der Waals surface area contributed by atoms with Crippen molar-refractivity contribution in [1.29, 1.82) is 0 Å². The molecule has 6 nitrogen and oxygen atoms in total. The second kappa shape index (κ2) is 8.48. The van der Waals surface area contributed by atoms with Gasteiger partial charge in [-0.15, -0.1) is 0 Å². The lowest BCUT2D eigenvalue weighted by Crippen LogP contribution is -2.29. The Balaban J connectivity index is 1.86. The molecule has 3 aromatic rings. The first-order valence-electron chi connectivity index (χ1n) is 9.90. The first-order valence-corrected chi connectivity index (χ1v) is 12.0. The summed E-state index contributed by atoms with van der Waals surface area (Å²) in [6.07, 6.45) is 1.39. The van der Waals surface area contributed by atoms with E-state index in [2.05, 4.69) is 9.97 Å². The van der Waals surface area contributed by atoms with Crippen LogP contribution in [0.4, 0.5) is 13.2 Å². The third kappa shape index (κ3) is 4.16. The van der Waals surface area contributed by atoms with E-state index in [4.69, 9.17) is 17.0 Å². The lowest BCUT2D eigenvalue weighted by Gasteiger charge is -2.17. The van der Waals surface area contributed by atoms with Crippen LogP contribution in [0.15, 0.2) is 53.6 Å². The van der Waals surface area contributed by atoms with Crippen LogP contribution in [0.25, 0.3) is 11.3 Å². The number of nitrogens with zero attached hydrogens (tertiary/aromatic N) is 1.